The Hall–Kier alpha value is -2.72. The normalized spacial score (nSPS) is 16.7. The molecule has 5 heteroatoms. The second-order valence-corrected chi connectivity index (χ2v) is 7.87. The topological polar surface area (TPSA) is 67.3 Å². The summed E-state index contributed by atoms with van der Waals surface area (Å²) in [5, 5.41) is 11.1. The second-order valence-electron chi connectivity index (χ2n) is 7.48. The smallest absolute Gasteiger partial charge is 0.180 e. The first-order valence-electron chi connectivity index (χ1n) is 9.08. The van der Waals surface area contributed by atoms with Crippen LogP contribution in [-0.4, -0.2) is 21.7 Å². The molecule has 0 saturated heterocycles. The Morgan fingerprint density at radius 1 is 1.11 bits per heavy atom. The Labute approximate surface area is 169 Å². The monoisotopic (exact) mass is 395 g/mol. The molecule has 0 saturated carbocycles. The maximum absolute atomic E-state index is 13.1. The number of halogens is 1. The molecule has 0 fully saturated rings. The lowest BCUT2D eigenvalue weighted by molar-refractivity contribution is -0.133. The summed E-state index contributed by atoms with van der Waals surface area (Å²) in [6, 6.07) is 9.33. The van der Waals surface area contributed by atoms with Crippen LogP contribution in [0.25, 0.3) is 16.7 Å². The van der Waals surface area contributed by atoms with Crippen molar-refractivity contribution < 1.29 is 14.7 Å². The molecule has 1 N–H and O–H groups in total. The predicted octanol–water partition coefficient (Wildman–Crippen LogP) is 5.28. The fraction of sp³-hybridized carbons (Fsp3) is 0.261. The number of carbonyl (C=O) groups excluding carboxylic acids is 2. The minimum absolute atomic E-state index is 0.0311. The van der Waals surface area contributed by atoms with E-state index in [0.717, 1.165) is 22.4 Å². The highest BCUT2D eigenvalue weighted by Gasteiger charge is 2.46. The van der Waals surface area contributed by atoms with Gasteiger partial charge in [0, 0.05) is 11.3 Å². The van der Waals surface area contributed by atoms with Gasteiger partial charge in [0.25, 0.3) is 0 Å². The number of carbonyl (C=O) groups is 2. The van der Waals surface area contributed by atoms with Crippen molar-refractivity contribution in [2.45, 2.75) is 34.1 Å². The zero-order chi connectivity index (χ0) is 20.8. The third-order valence-corrected chi connectivity index (χ3v) is 5.49. The quantitative estimate of drug-likeness (QED) is 0.436. The van der Waals surface area contributed by atoms with Gasteiger partial charge in [-0.15, -0.1) is 0 Å². The largest absolute Gasteiger partial charge is 0.506 e. The van der Waals surface area contributed by atoms with Crippen LogP contribution in [0.5, 0.6) is 0 Å². The summed E-state index contributed by atoms with van der Waals surface area (Å²) < 4.78 is 0. The van der Waals surface area contributed by atoms with Crippen LogP contribution in [0.2, 0.25) is 5.15 Å². The lowest BCUT2D eigenvalue weighted by atomic mass is 9.70. The molecule has 2 aromatic rings. The van der Waals surface area contributed by atoms with Crippen molar-refractivity contribution in [3.05, 3.63) is 70.2 Å². The van der Waals surface area contributed by atoms with E-state index in [1.807, 2.05) is 38.1 Å². The first kappa shape index (κ1) is 20.0. The van der Waals surface area contributed by atoms with Gasteiger partial charge in [-0.1, -0.05) is 37.2 Å². The Balaban J connectivity index is 2.28. The molecule has 0 radical (unpaired) electrons. The van der Waals surface area contributed by atoms with Crippen molar-refractivity contribution in [2.75, 3.05) is 0 Å². The molecule has 1 aromatic heterocycles. The van der Waals surface area contributed by atoms with Crippen molar-refractivity contribution in [2.24, 2.45) is 5.41 Å². The van der Waals surface area contributed by atoms with E-state index in [4.69, 9.17) is 11.6 Å². The molecule has 1 aromatic carbocycles. The Kier molecular flexibility index (Phi) is 5.02. The molecule has 1 aliphatic rings. The molecule has 0 spiro atoms. The number of aryl methyl sites for hydroxylation is 2. The third-order valence-electron chi connectivity index (χ3n) is 5.28. The molecular formula is C23H22ClNO3. The van der Waals surface area contributed by atoms with Crippen molar-refractivity contribution in [3.8, 4) is 11.1 Å². The van der Waals surface area contributed by atoms with Crippen LogP contribution in [0.3, 0.4) is 0 Å². The van der Waals surface area contributed by atoms with Crippen LogP contribution >= 0.6 is 11.6 Å². The van der Waals surface area contributed by atoms with E-state index >= 15 is 0 Å². The zero-order valence-corrected chi connectivity index (χ0v) is 17.1. The van der Waals surface area contributed by atoms with Crippen LogP contribution in [-0.2, 0) is 16.0 Å². The molecule has 0 bridgehead atoms. The molecule has 28 heavy (non-hydrogen) atoms. The summed E-state index contributed by atoms with van der Waals surface area (Å²) in [5.41, 5.74) is 2.85. The van der Waals surface area contributed by atoms with Gasteiger partial charge in [0.1, 0.15) is 10.9 Å². The number of aliphatic hydroxyl groups excluding tert-OH is 1. The number of ketones is 2. The Bertz CT molecular complexity index is 1060. The van der Waals surface area contributed by atoms with Gasteiger partial charge in [0.15, 0.2) is 11.6 Å². The highest BCUT2D eigenvalue weighted by Crippen LogP contribution is 2.41. The first-order chi connectivity index (χ1) is 13.1. The lowest BCUT2D eigenvalue weighted by Gasteiger charge is -2.30. The summed E-state index contributed by atoms with van der Waals surface area (Å²) in [6.45, 7) is 10.7. The fourth-order valence-corrected chi connectivity index (χ4v) is 3.72. The van der Waals surface area contributed by atoms with Crippen LogP contribution in [0.4, 0.5) is 0 Å². The van der Waals surface area contributed by atoms with Gasteiger partial charge in [-0.2, -0.15) is 0 Å². The average Bonchev–Trinajstić information content (AvgIpc) is 2.65. The average molecular weight is 396 g/mol. The van der Waals surface area contributed by atoms with Crippen molar-refractivity contribution in [1.29, 1.82) is 0 Å². The van der Waals surface area contributed by atoms with Gasteiger partial charge in [-0.25, -0.2) is 4.98 Å². The summed E-state index contributed by atoms with van der Waals surface area (Å²) in [6.07, 6.45) is 0.665. The van der Waals surface area contributed by atoms with Crippen LogP contribution in [0.15, 0.2) is 48.2 Å². The molecule has 4 nitrogen and oxygen atoms in total. The van der Waals surface area contributed by atoms with Gasteiger partial charge in [-0.05, 0) is 62.1 Å². The summed E-state index contributed by atoms with van der Waals surface area (Å²) >= 11 is 5.97. The maximum atomic E-state index is 13.1. The van der Waals surface area contributed by atoms with Crippen LogP contribution in [0.1, 0.15) is 37.6 Å². The highest BCUT2D eigenvalue weighted by molar-refractivity contribution is 6.36. The molecule has 0 amide bonds. The number of aliphatic hydroxyl groups is 1. The maximum Gasteiger partial charge on any atom is 0.180 e. The SMILES string of the molecule is C=C1C(=O)C(C)(C)C(=O)C(c2cc(-c3ccc(Cl)nc3C)ccc2CC)=C1O. The number of hydrogen-bond donors (Lipinski definition) is 1. The molecule has 1 aliphatic carbocycles. The lowest BCUT2D eigenvalue weighted by Crippen LogP contribution is -2.39. The summed E-state index contributed by atoms with van der Waals surface area (Å²) in [5.74, 6) is -1.20. The van der Waals surface area contributed by atoms with Crippen molar-refractivity contribution in [1.82, 2.24) is 4.98 Å². The summed E-state index contributed by atoms with van der Waals surface area (Å²) in [7, 11) is 0. The number of nitrogens with zero attached hydrogens (tertiary/aromatic N) is 1. The van der Waals surface area contributed by atoms with Gasteiger partial charge >= 0.3 is 0 Å². The van der Waals surface area contributed by atoms with E-state index < -0.39 is 17.0 Å². The van der Waals surface area contributed by atoms with E-state index in [-0.39, 0.29) is 16.9 Å². The van der Waals surface area contributed by atoms with Gasteiger partial charge in [0.2, 0.25) is 0 Å². The minimum atomic E-state index is -1.27. The van der Waals surface area contributed by atoms with Gasteiger partial charge in [-0.3, -0.25) is 9.59 Å². The molecule has 1 heterocycles. The number of rotatable bonds is 3. The molecular weight excluding hydrogens is 374 g/mol. The zero-order valence-electron chi connectivity index (χ0n) is 16.4. The second kappa shape index (κ2) is 7.02. The first-order valence-corrected chi connectivity index (χ1v) is 9.46. The number of hydrogen-bond acceptors (Lipinski definition) is 4. The van der Waals surface area contributed by atoms with Crippen LogP contribution < -0.4 is 0 Å². The fourth-order valence-electron chi connectivity index (χ4n) is 3.53. The Morgan fingerprint density at radius 2 is 1.79 bits per heavy atom. The number of aromatic nitrogens is 1. The third kappa shape index (κ3) is 3.08. The van der Waals surface area contributed by atoms with Gasteiger partial charge in [0.05, 0.1) is 16.6 Å². The van der Waals surface area contributed by atoms with E-state index in [2.05, 4.69) is 11.6 Å². The Morgan fingerprint density at radius 3 is 2.39 bits per heavy atom. The van der Waals surface area contributed by atoms with Crippen LogP contribution in [0, 0.1) is 12.3 Å². The van der Waals surface area contributed by atoms with E-state index in [1.54, 1.807) is 19.9 Å². The number of pyridine rings is 1. The number of allylic oxidation sites excluding steroid dienone is 2. The number of benzene rings is 1. The van der Waals surface area contributed by atoms with Crippen molar-refractivity contribution >= 4 is 28.7 Å². The highest BCUT2D eigenvalue weighted by atomic mass is 35.5. The number of Topliss-reactive ketones (excluding diaryl/α,β-unsaturated/α-hetero) is 2. The molecule has 0 unspecified atom stereocenters. The van der Waals surface area contributed by atoms with E-state index in [1.165, 1.54) is 0 Å². The molecule has 0 aliphatic heterocycles. The molecule has 144 valence electrons. The molecule has 0 atom stereocenters. The molecule has 3 rings (SSSR count). The van der Waals surface area contributed by atoms with E-state index in [0.29, 0.717) is 17.1 Å². The summed E-state index contributed by atoms with van der Waals surface area (Å²) in [4.78, 5) is 29.8. The van der Waals surface area contributed by atoms with E-state index in [9.17, 15) is 14.7 Å². The van der Waals surface area contributed by atoms with Crippen molar-refractivity contribution in [3.63, 3.8) is 0 Å². The van der Waals surface area contributed by atoms with Gasteiger partial charge < -0.3 is 5.11 Å². The predicted molar refractivity (Wildman–Crippen MR) is 111 cm³/mol. The minimum Gasteiger partial charge on any atom is -0.506 e. The standard InChI is InChI=1S/C23H22ClNO3/c1-6-14-7-8-15(16-9-10-18(24)25-13(16)3)11-17(14)19-20(26)12(2)21(27)23(4,5)22(19)28/h7-11,26H,2,6H2,1,3-5H3.